The summed E-state index contributed by atoms with van der Waals surface area (Å²) < 4.78 is 10.1. The average Bonchev–Trinajstić information content (AvgIpc) is 2.77. The molecule has 1 unspecified atom stereocenters. The number of ether oxygens (including phenoxy) is 2. The molecule has 0 amide bonds. The maximum atomic E-state index is 11.6. The summed E-state index contributed by atoms with van der Waals surface area (Å²) in [6, 6.07) is 7.26. The van der Waals surface area contributed by atoms with Crippen molar-refractivity contribution in [3.05, 3.63) is 41.7 Å². The van der Waals surface area contributed by atoms with Gasteiger partial charge in [0.2, 0.25) is 0 Å². The lowest BCUT2D eigenvalue weighted by atomic mass is 9.84. The van der Waals surface area contributed by atoms with Crippen LogP contribution in [0.4, 0.5) is 4.79 Å². The summed E-state index contributed by atoms with van der Waals surface area (Å²) in [6.07, 6.45) is 13.5. The molecule has 30 heavy (non-hydrogen) atoms. The molecule has 0 spiro atoms. The highest BCUT2D eigenvalue weighted by Gasteiger charge is 2.20. The van der Waals surface area contributed by atoms with Gasteiger partial charge in [0.05, 0.1) is 6.61 Å². The van der Waals surface area contributed by atoms with Crippen molar-refractivity contribution in [3.8, 4) is 17.1 Å². The molecule has 1 aromatic carbocycles. The van der Waals surface area contributed by atoms with Gasteiger partial charge in [-0.1, -0.05) is 52.4 Å². The van der Waals surface area contributed by atoms with Gasteiger partial charge in [0, 0.05) is 17.5 Å². The first kappa shape index (κ1) is 22.3. The molecular weight excluding hydrogens is 376 g/mol. The Morgan fingerprint density at radius 1 is 1.07 bits per heavy atom. The van der Waals surface area contributed by atoms with E-state index in [4.69, 9.17) is 14.5 Å². The third-order valence-electron chi connectivity index (χ3n) is 5.71. The van der Waals surface area contributed by atoms with E-state index < -0.39 is 6.16 Å². The summed E-state index contributed by atoms with van der Waals surface area (Å²) in [5.74, 6) is 1.96. The quantitative estimate of drug-likeness (QED) is 0.253. The smallest absolute Gasteiger partial charge is 0.434 e. The Labute approximate surface area is 180 Å². The van der Waals surface area contributed by atoms with Gasteiger partial charge < -0.3 is 9.47 Å². The molecule has 1 heterocycles. The molecule has 5 heteroatoms. The zero-order valence-corrected chi connectivity index (χ0v) is 18.4. The summed E-state index contributed by atoms with van der Waals surface area (Å²) in [6.45, 7) is 4.56. The monoisotopic (exact) mass is 410 g/mol. The number of aromatic nitrogens is 2. The van der Waals surface area contributed by atoms with Gasteiger partial charge in [-0.15, -0.1) is 0 Å². The van der Waals surface area contributed by atoms with Crippen LogP contribution in [-0.4, -0.2) is 22.7 Å². The summed E-state index contributed by atoms with van der Waals surface area (Å²) in [4.78, 5) is 21.0. The number of nitrogens with zero attached hydrogens (tertiary/aromatic N) is 2. The van der Waals surface area contributed by atoms with Gasteiger partial charge >= 0.3 is 6.16 Å². The minimum Gasteiger partial charge on any atom is -0.434 e. The fourth-order valence-corrected chi connectivity index (χ4v) is 3.99. The normalized spacial score (nSPS) is 15.5. The van der Waals surface area contributed by atoms with E-state index in [1.165, 1.54) is 56.2 Å². The number of rotatable bonds is 10. The number of hydrogen-bond acceptors (Lipinski definition) is 5. The van der Waals surface area contributed by atoms with Crippen LogP contribution >= 0.6 is 0 Å². The second-order valence-electron chi connectivity index (χ2n) is 8.20. The average molecular weight is 411 g/mol. The van der Waals surface area contributed by atoms with Crippen molar-refractivity contribution < 1.29 is 14.3 Å². The second kappa shape index (κ2) is 11.7. The van der Waals surface area contributed by atoms with Crippen LogP contribution in [0.2, 0.25) is 0 Å². The predicted octanol–water partition coefficient (Wildman–Crippen LogP) is 6.53. The summed E-state index contributed by atoms with van der Waals surface area (Å²) in [5, 5.41) is 0. The summed E-state index contributed by atoms with van der Waals surface area (Å²) in [5.41, 5.74) is 3.41. The fraction of sp³-hybridized carbons (Fsp3) is 0.560. The maximum absolute atomic E-state index is 11.6. The first-order valence-corrected chi connectivity index (χ1v) is 11.5. The Kier molecular flexibility index (Phi) is 8.66. The van der Waals surface area contributed by atoms with Crippen LogP contribution in [0.3, 0.4) is 0 Å². The predicted molar refractivity (Wildman–Crippen MR) is 119 cm³/mol. The first-order valence-electron chi connectivity index (χ1n) is 11.5. The first-order chi connectivity index (χ1) is 14.7. The van der Waals surface area contributed by atoms with Crippen LogP contribution in [0.5, 0.6) is 5.75 Å². The largest absolute Gasteiger partial charge is 0.513 e. The molecule has 1 atom stereocenters. The topological polar surface area (TPSA) is 61.3 Å². The summed E-state index contributed by atoms with van der Waals surface area (Å²) >= 11 is 0. The van der Waals surface area contributed by atoms with Gasteiger partial charge in [0.25, 0.3) is 0 Å². The van der Waals surface area contributed by atoms with Crippen molar-refractivity contribution in [2.45, 2.75) is 78.1 Å². The molecule has 1 aliphatic rings. The lowest BCUT2D eigenvalue weighted by Gasteiger charge is -2.24. The number of unbranched alkanes of at least 4 members (excludes halogenated alkanes) is 4. The number of fused-ring (bicyclic) bond motifs is 1. The van der Waals surface area contributed by atoms with Crippen LogP contribution in [0.25, 0.3) is 11.4 Å². The molecule has 0 fully saturated rings. The van der Waals surface area contributed by atoms with E-state index in [2.05, 4.69) is 11.9 Å². The van der Waals surface area contributed by atoms with Crippen LogP contribution in [0.1, 0.15) is 76.5 Å². The number of benzene rings is 1. The minimum absolute atomic E-state index is 0.361. The molecule has 2 aromatic rings. The van der Waals surface area contributed by atoms with Crippen molar-refractivity contribution in [1.82, 2.24) is 9.97 Å². The number of hydrogen-bond donors (Lipinski definition) is 0. The highest BCUT2D eigenvalue weighted by Crippen LogP contribution is 2.29. The Bertz CT molecular complexity index is 805. The van der Waals surface area contributed by atoms with Gasteiger partial charge in [0.15, 0.2) is 5.82 Å². The van der Waals surface area contributed by atoms with Crippen molar-refractivity contribution >= 4 is 6.16 Å². The zero-order chi connectivity index (χ0) is 21.2. The third-order valence-corrected chi connectivity index (χ3v) is 5.71. The van der Waals surface area contributed by atoms with E-state index in [0.717, 1.165) is 36.6 Å². The summed E-state index contributed by atoms with van der Waals surface area (Å²) in [7, 11) is 0. The third kappa shape index (κ3) is 6.54. The highest BCUT2D eigenvalue weighted by molar-refractivity contribution is 5.65. The molecule has 1 aliphatic carbocycles. The molecule has 3 rings (SSSR count). The van der Waals surface area contributed by atoms with E-state index in [-0.39, 0.29) is 0 Å². The van der Waals surface area contributed by atoms with E-state index in [0.29, 0.717) is 12.4 Å². The van der Waals surface area contributed by atoms with Crippen molar-refractivity contribution in [1.29, 1.82) is 0 Å². The van der Waals surface area contributed by atoms with Crippen LogP contribution in [-0.2, 0) is 17.6 Å². The molecule has 0 N–H and O–H groups in total. The van der Waals surface area contributed by atoms with Gasteiger partial charge in [-0.05, 0) is 61.4 Å². The molecule has 0 radical (unpaired) electrons. The van der Waals surface area contributed by atoms with Crippen LogP contribution in [0.15, 0.2) is 30.5 Å². The van der Waals surface area contributed by atoms with E-state index >= 15 is 0 Å². The van der Waals surface area contributed by atoms with E-state index in [1.54, 1.807) is 12.1 Å². The number of aryl methyl sites for hydroxylation is 1. The van der Waals surface area contributed by atoms with E-state index in [1.807, 2.05) is 25.3 Å². The highest BCUT2D eigenvalue weighted by atomic mass is 16.7. The molecule has 0 saturated carbocycles. The molecule has 0 saturated heterocycles. The lowest BCUT2D eigenvalue weighted by molar-refractivity contribution is 0.0992. The van der Waals surface area contributed by atoms with E-state index in [9.17, 15) is 4.79 Å². The Hall–Kier alpha value is -2.43. The molecule has 162 valence electrons. The second-order valence-corrected chi connectivity index (χ2v) is 8.20. The number of carbonyl (C=O) groups excluding carboxylic acids is 1. The van der Waals surface area contributed by atoms with Gasteiger partial charge in [-0.25, -0.2) is 14.8 Å². The van der Waals surface area contributed by atoms with Crippen LogP contribution < -0.4 is 4.74 Å². The Morgan fingerprint density at radius 2 is 1.87 bits per heavy atom. The van der Waals surface area contributed by atoms with Crippen molar-refractivity contribution in [2.24, 2.45) is 5.92 Å². The molecular formula is C25H34N2O3. The molecule has 1 aromatic heterocycles. The van der Waals surface area contributed by atoms with Crippen LogP contribution in [0, 0.1) is 5.92 Å². The molecule has 5 nitrogen and oxygen atoms in total. The zero-order valence-electron chi connectivity index (χ0n) is 18.4. The maximum Gasteiger partial charge on any atom is 0.513 e. The number of carbonyl (C=O) groups is 1. The van der Waals surface area contributed by atoms with Crippen molar-refractivity contribution in [3.63, 3.8) is 0 Å². The lowest BCUT2D eigenvalue weighted by Crippen LogP contribution is -2.16. The molecule has 0 bridgehead atoms. The molecule has 0 aliphatic heterocycles. The standard InChI is InChI=1S/C25H34N2O3/c1-3-5-6-7-8-9-19-10-15-23-21(17-19)18-26-24(27-23)20-11-13-22(14-12-20)30-25(28)29-16-4-2/h11-14,18-19H,3-10,15-17H2,1-2H3. The minimum atomic E-state index is -0.672. The fourth-order valence-electron chi connectivity index (χ4n) is 3.99. The van der Waals surface area contributed by atoms with Gasteiger partial charge in [0.1, 0.15) is 5.75 Å². The van der Waals surface area contributed by atoms with Crippen molar-refractivity contribution in [2.75, 3.05) is 6.61 Å². The Morgan fingerprint density at radius 3 is 2.63 bits per heavy atom. The SMILES string of the molecule is CCCCCCCC1CCc2nc(-c3ccc(OC(=O)OCCC)cc3)ncc2C1. The Balaban J connectivity index is 1.54. The van der Waals surface area contributed by atoms with Gasteiger partial charge in [-0.3, -0.25) is 0 Å². The van der Waals surface area contributed by atoms with Gasteiger partial charge in [-0.2, -0.15) is 0 Å².